The van der Waals surface area contributed by atoms with Crippen LogP contribution < -0.4 is 5.32 Å². The summed E-state index contributed by atoms with van der Waals surface area (Å²) in [4.78, 5) is 4.45. The Bertz CT molecular complexity index is 809. The molecule has 110 valence electrons. The van der Waals surface area contributed by atoms with Gasteiger partial charge in [-0.1, -0.05) is 11.2 Å². The molecule has 3 aromatic rings. The molecule has 0 radical (unpaired) electrons. The zero-order valence-electron chi connectivity index (χ0n) is 11.9. The molecule has 0 saturated heterocycles. The Morgan fingerprint density at radius 2 is 1.82 bits per heavy atom. The van der Waals surface area contributed by atoms with Gasteiger partial charge in [-0.2, -0.15) is 4.98 Å². The molecule has 2 heterocycles. The summed E-state index contributed by atoms with van der Waals surface area (Å²) in [7, 11) is 0. The Morgan fingerprint density at radius 1 is 1.00 bits per heavy atom. The first-order valence-corrected chi connectivity index (χ1v) is 7.25. The van der Waals surface area contributed by atoms with Crippen molar-refractivity contribution in [2.24, 2.45) is 0 Å². The lowest BCUT2D eigenvalue weighted by Gasteiger charge is -2.16. The van der Waals surface area contributed by atoms with Crippen molar-refractivity contribution in [3.05, 3.63) is 53.6 Å². The summed E-state index contributed by atoms with van der Waals surface area (Å²) in [5.74, 6) is 1.25. The lowest BCUT2D eigenvalue weighted by Crippen LogP contribution is -2.23. The van der Waals surface area contributed by atoms with E-state index in [0.717, 1.165) is 30.6 Å². The van der Waals surface area contributed by atoms with E-state index < -0.39 is 0 Å². The van der Waals surface area contributed by atoms with Gasteiger partial charge < -0.3 is 14.9 Å². The zero-order chi connectivity index (χ0) is 14.9. The van der Waals surface area contributed by atoms with Gasteiger partial charge in [-0.25, -0.2) is 0 Å². The molecule has 2 N–H and O–H groups in total. The molecule has 4 rings (SSSR count). The van der Waals surface area contributed by atoms with Crippen LogP contribution in [0.3, 0.4) is 0 Å². The maximum atomic E-state index is 9.33. The third kappa shape index (κ3) is 2.35. The smallest absolute Gasteiger partial charge is 0.258 e. The highest BCUT2D eigenvalue weighted by molar-refractivity contribution is 5.61. The summed E-state index contributed by atoms with van der Waals surface area (Å²) in [6.07, 6.45) is 1.05. The number of nitrogens with zero attached hydrogens (tertiary/aromatic N) is 2. The first-order chi connectivity index (χ1) is 10.8. The maximum absolute atomic E-state index is 9.33. The predicted octanol–water partition coefficient (Wildman–Crippen LogP) is 2.75. The van der Waals surface area contributed by atoms with Gasteiger partial charge in [-0.05, 0) is 60.5 Å². The quantitative estimate of drug-likeness (QED) is 0.760. The SMILES string of the molecule is Oc1ccc(-c2noc(-c3ccc4c(c3)CNCC4)n2)cc1. The van der Waals surface area contributed by atoms with Crippen LogP contribution in [0.1, 0.15) is 11.1 Å². The second-order valence-electron chi connectivity index (χ2n) is 5.38. The molecule has 1 aliphatic heterocycles. The van der Waals surface area contributed by atoms with Gasteiger partial charge >= 0.3 is 0 Å². The zero-order valence-corrected chi connectivity index (χ0v) is 11.9. The average molecular weight is 293 g/mol. The molecule has 22 heavy (non-hydrogen) atoms. The van der Waals surface area contributed by atoms with Crippen LogP contribution >= 0.6 is 0 Å². The van der Waals surface area contributed by atoms with Crippen LogP contribution in [0.4, 0.5) is 0 Å². The first-order valence-electron chi connectivity index (χ1n) is 7.25. The van der Waals surface area contributed by atoms with E-state index in [1.807, 2.05) is 6.07 Å². The van der Waals surface area contributed by atoms with Crippen molar-refractivity contribution in [3.8, 4) is 28.6 Å². The van der Waals surface area contributed by atoms with Gasteiger partial charge in [-0.3, -0.25) is 0 Å². The van der Waals surface area contributed by atoms with Crippen molar-refractivity contribution < 1.29 is 9.63 Å². The third-order valence-electron chi connectivity index (χ3n) is 3.89. The van der Waals surface area contributed by atoms with Gasteiger partial charge in [0.2, 0.25) is 5.82 Å². The van der Waals surface area contributed by atoms with Crippen LogP contribution in [-0.2, 0) is 13.0 Å². The number of nitrogens with one attached hydrogen (secondary N) is 1. The van der Waals surface area contributed by atoms with E-state index >= 15 is 0 Å². The fourth-order valence-corrected chi connectivity index (χ4v) is 2.68. The topological polar surface area (TPSA) is 71.2 Å². The second-order valence-corrected chi connectivity index (χ2v) is 5.38. The molecule has 0 atom stereocenters. The van der Waals surface area contributed by atoms with Gasteiger partial charge in [-0.15, -0.1) is 0 Å². The molecule has 0 aliphatic carbocycles. The van der Waals surface area contributed by atoms with Gasteiger partial charge in [0, 0.05) is 17.7 Å². The second kappa shape index (κ2) is 5.27. The number of phenols is 1. The Labute approximate surface area is 127 Å². The molecule has 2 aromatic carbocycles. The van der Waals surface area contributed by atoms with Crippen molar-refractivity contribution in [2.45, 2.75) is 13.0 Å². The summed E-state index contributed by atoms with van der Waals surface area (Å²) in [5.41, 5.74) is 4.40. The van der Waals surface area contributed by atoms with Crippen molar-refractivity contribution in [2.75, 3.05) is 6.54 Å². The molecule has 5 nitrogen and oxygen atoms in total. The normalized spacial score (nSPS) is 13.8. The molecule has 0 amide bonds. The fourth-order valence-electron chi connectivity index (χ4n) is 2.68. The van der Waals surface area contributed by atoms with Gasteiger partial charge in [0.25, 0.3) is 5.89 Å². The first kappa shape index (κ1) is 13.0. The number of aromatic hydroxyl groups is 1. The highest BCUT2D eigenvalue weighted by atomic mass is 16.5. The largest absolute Gasteiger partial charge is 0.508 e. The maximum Gasteiger partial charge on any atom is 0.258 e. The molecule has 1 aliphatic rings. The Morgan fingerprint density at radius 3 is 2.68 bits per heavy atom. The summed E-state index contributed by atoms with van der Waals surface area (Å²) < 4.78 is 5.38. The number of phenolic OH excluding ortho intramolecular Hbond substituents is 1. The minimum atomic E-state index is 0.217. The predicted molar refractivity (Wildman–Crippen MR) is 82.2 cm³/mol. The average Bonchev–Trinajstić information content (AvgIpc) is 3.05. The lowest BCUT2D eigenvalue weighted by atomic mass is 9.98. The van der Waals surface area contributed by atoms with Crippen LogP contribution in [0, 0.1) is 0 Å². The molecule has 0 spiro atoms. The van der Waals surface area contributed by atoms with E-state index in [1.54, 1.807) is 24.3 Å². The Kier molecular flexibility index (Phi) is 3.12. The van der Waals surface area contributed by atoms with Crippen molar-refractivity contribution in [1.82, 2.24) is 15.5 Å². The highest BCUT2D eigenvalue weighted by Gasteiger charge is 2.14. The van der Waals surface area contributed by atoms with E-state index in [1.165, 1.54) is 11.1 Å². The van der Waals surface area contributed by atoms with Crippen LogP contribution in [0.15, 0.2) is 47.0 Å². The lowest BCUT2D eigenvalue weighted by molar-refractivity contribution is 0.432. The molecule has 1 aromatic heterocycles. The number of aromatic nitrogens is 2. The minimum Gasteiger partial charge on any atom is -0.508 e. The van der Waals surface area contributed by atoms with Crippen molar-refractivity contribution in [1.29, 1.82) is 0 Å². The van der Waals surface area contributed by atoms with E-state index in [-0.39, 0.29) is 5.75 Å². The number of fused-ring (bicyclic) bond motifs is 1. The number of hydrogen-bond acceptors (Lipinski definition) is 5. The fraction of sp³-hybridized carbons (Fsp3) is 0.176. The van der Waals surface area contributed by atoms with Gasteiger partial charge in [0.05, 0.1) is 0 Å². The van der Waals surface area contributed by atoms with Crippen LogP contribution in [-0.4, -0.2) is 21.8 Å². The van der Waals surface area contributed by atoms with Gasteiger partial charge in [0.1, 0.15) is 5.75 Å². The summed E-state index contributed by atoms with van der Waals surface area (Å²) in [6, 6.07) is 13.0. The van der Waals surface area contributed by atoms with Crippen molar-refractivity contribution in [3.63, 3.8) is 0 Å². The van der Waals surface area contributed by atoms with E-state index in [4.69, 9.17) is 4.52 Å². The van der Waals surface area contributed by atoms with E-state index in [2.05, 4.69) is 27.6 Å². The summed E-state index contributed by atoms with van der Waals surface area (Å²) >= 11 is 0. The highest BCUT2D eigenvalue weighted by Crippen LogP contribution is 2.26. The van der Waals surface area contributed by atoms with E-state index in [9.17, 15) is 5.11 Å². The molecule has 0 fully saturated rings. The summed E-state index contributed by atoms with van der Waals surface area (Å²) in [5, 5.41) is 16.7. The van der Waals surface area contributed by atoms with Crippen molar-refractivity contribution >= 4 is 0 Å². The molecule has 0 saturated carbocycles. The van der Waals surface area contributed by atoms with Crippen LogP contribution in [0.25, 0.3) is 22.8 Å². The molecule has 5 heteroatoms. The number of rotatable bonds is 2. The van der Waals surface area contributed by atoms with Gasteiger partial charge in [0.15, 0.2) is 0 Å². The third-order valence-corrected chi connectivity index (χ3v) is 3.89. The molecular weight excluding hydrogens is 278 g/mol. The molecule has 0 bridgehead atoms. The molecule has 0 unspecified atom stereocenters. The Balaban J connectivity index is 1.68. The van der Waals surface area contributed by atoms with E-state index in [0.29, 0.717) is 11.7 Å². The monoisotopic (exact) mass is 293 g/mol. The summed E-state index contributed by atoms with van der Waals surface area (Å²) in [6.45, 7) is 1.90. The number of hydrogen-bond donors (Lipinski definition) is 2. The Hall–Kier alpha value is -2.66. The number of benzene rings is 2. The van der Waals surface area contributed by atoms with Crippen LogP contribution in [0.2, 0.25) is 0 Å². The molecular formula is C17H15N3O2. The van der Waals surface area contributed by atoms with Crippen LogP contribution in [0.5, 0.6) is 5.75 Å². The minimum absolute atomic E-state index is 0.217. The standard InChI is InChI=1S/C17H15N3O2/c21-15-5-3-12(4-6-15)16-19-17(22-20-16)13-2-1-11-7-8-18-10-14(11)9-13/h1-6,9,18,21H,7-8,10H2.